The van der Waals surface area contributed by atoms with Crippen LogP contribution in [0.2, 0.25) is 0 Å². The van der Waals surface area contributed by atoms with Crippen molar-refractivity contribution in [2.24, 2.45) is 0 Å². The molecular weight excluding hydrogens is 438 g/mol. The van der Waals surface area contributed by atoms with Crippen LogP contribution in [0.25, 0.3) is 0 Å². The van der Waals surface area contributed by atoms with Gasteiger partial charge in [0.05, 0.1) is 20.8 Å². The van der Waals surface area contributed by atoms with E-state index in [1.165, 1.54) is 14.2 Å². The van der Waals surface area contributed by atoms with Gasteiger partial charge in [0.2, 0.25) is 0 Å². The van der Waals surface area contributed by atoms with Crippen LogP contribution < -0.4 is 29.8 Å². The van der Waals surface area contributed by atoms with Crippen molar-refractivity contribution in [1.82, 2.24) is 15.8 Å². The first-order chi connectivity index (χ1) is 16.5. The van der Waals surface area contributed by atoms with E-state index < -0.39 is 11.8 Å². The zero-order valence-corrected chi connectivity index (χ0v) is 19.3. The maximum absolute atomic E-state index is 12.6. The fraction of sp³-hybridized carbons (Fsp3) is 0.240. The first kappa shape index (κ1) is 24.4. The predicted octanol–water partition coefficient (Wildman–Crippen LogP) is 3.54. The Bertz CT molecular complexity index is 1120. The smallest absolute Gasteiger partial charge is 0.269 e. The Morgan fingerprint density at radius 2 is 1.35 bits per heavy atom. The molecule has 3 rings (SSSR count). The molecule has 34 heavy (non-hydrogen) atoms. The van der Waals surface area contributed by atoms with Gasteiger partial charge in [-0.1, -0.05) is 6.92 Å². The molecule has 1 heterocycles. The molecule has 0 aliphatic heterocycles. The molecule has 0 saturated heterocycles. The Labute approximate surface area is 198 Å². The molecule has 0 saturated carbocycles. The Balaban J connectivity index is 1.64. The van der Waals surface area contributed by atoms with Crippen molar-refractivity contribution in [2.45, 2.75) is 20.0 Å². The van der Waals surface area contributed by atoms with Crippen molar-refractivity contribution in [3.8, 4) is 23.0 Å². The van der Waals surface area contributed by atoms with Crippen LogP contribution in [-0.4, -0.2) is 37.6 Å². The minimum absolute atomic E-state index is 0.278. The van der Waals surface area contributed by atoms with Gasteiger partial charge in [0, 0.05) is 23.5 Å². The highest BCUT2D eigenvalue weighted by Crippen LogP contribution is 2.29. The van der Waals surface area contributed by atoms with Gasteiger partial charge >= 0.3 is 0 Å². The predicted molar refractivity (Wildman–Crippen MR) is 125 cm³/mol. The minimum atomic E-state index is -0.514. The van der Waals surface area contributed by atoms with Crippen molar-refractivity contribution in [3.63, 3.8) is 0 Å². The number of hydrogen-bond donors (Lipinski definition) is 2. The van der Waals surface area contributed by atoms with E-state index in [1.54, 1.807) is 48.8 Å². The third-order valence-electron chi connectivity index (χ3n) is 4.75. The molecule has 0 unspecified atom stereocenters. The Morgan fingerprint density at radius 3 is 1.94 bits per heavy atom. The van der Waals surface area contributed by atoms with Gasteiger partial charge < -0.3 is 18.9 Å². The second kappa shape index (κ2) is 12.1. The van der Waals surface area contributed by atoms with Gasteiger partial charge in [-0.2, -0.15) is 0 Å². The van der Waals surface area contributed by atoms with Crippen molar-refractivity contribution in [3.05, 3.63) is 77.6 Å². The van der Waals surface area contributed by atoms with Crippen LogP contribution in [0, 0.1) is 0 Å². The highest BCUT2D eigenvalue weighted by atomic mass is 16.5. The van der Waals surface area contributed by atoms with E-state index in [-0.39, 0.29) is 12.2 Å². The molecule has 2 aromatic carbocycles. The molecule has 9 heteroatoms. The number of carbonyl (C=O) groups is 2. The number of hydrogen-bond acceptors (Lipinski definition) is 7. The highest BCUT2D eigenvalue weighted by Gasteiger charge is 2.15. The quantitative estimate of drug-likeness (QED) is 0.441. The number of methoxy groups -OCH3 is 2. The summed E-state index contributed by atoms with van der Waals surface area (Å²) in [5, 5.41) is 0. The average molecular weight is 466 g/mol. The molecule has 0 bridgehead atoms. The number of rotatable bonds is 10. The van der Waals surface area contributed by atoms with E-state index in [0.717, 1.165) is 12.0 Å². The summed E-state index contributed by atoms with van der Waals surface area (Å²) in [6.45, 7) is 2.81. The van der Waals surface area contributed by atoms with Crippen LogP contribution in [0.3, 0.4) is 0 Å². The van der Waals surface area contributed by atoms with E-state index >= 15 is 0 Å². The summed E-state index contributed by atoms with van der Waals surface area (Å²) < 4.78 is 22.0. The summed E-state index contributed by atoms with van der Waals surface area (Å²) in [5.74, 6) is 0.829. The van der Waals surface area contributed by atoms with Crippen molar-refractivity contribution in [1.29, 1.82) is 0 Å². The van der Waals surface area contributed by atoms with Gasteiger partial charge in [-0.25, -0.2) is 0 Å². The number of benzene rings is 2. The second-order valence-electron chi connectivity index (χ2n) is 7.13. The van der Waals surface area contributed by atoms with E-state index in [4.69, 9.17) is 18.9 Å². The zero-order valence-electron chi connectivity index (χ0n) is 19.3. The number of nitrogens with one attached hydrogen (secondary N) is 2. The summed E-state index contributed by atoms with van der Waals surface area (Å²) in [4.78, 5) is 29.1. The van der Waals surface area contributed by atoms with Crippen LogP contribution >= 0.6 is 0 Å². The van der Waals surface area contributed by atoms with Crippen molar-refractivity contribution in [2.75, 3.05) is 20.8 Å². The molecular formula is C25H27N3O6. The third kappa shape index (κ3) is 6.38. The van der Waals surface area contributed by atoms with Crippen LogP contribution in [0.1, 0.15) is 39.6 Å². The van der Waals surface area contributed by atoms with E-state index in [9.17, 15) is 9.59 Å². The molecule has 178 valence electrons. The van der Waals surface area contributed by atoms with Crippen LogP contribution in [-0.2, 0) is 6.61 Å². The Morgan fingerprint density at radius 1 is 0.765 bits per heavy atom. The van der Waals surface area contributed by atoms with Gasteiger partial charge in [-0.05, 0) is 60.5 Å². The SMILES string of the molecule is CCCOc1ccc(C(=O)NNC(=O)c2ccc(OC)c(OCc3ccncc3)c2)cc1OC. The molecule has 2 N–H and O–H groups in total. The Hall–Kier alpha value is -4.27. The molecule has 0 aliphatic rings. The topological polar surface area (TPSA) is 108 Å². The minimum Gasteiger partial charge on any atom is -0.493 e. The van der Waals surface area contributed by atoms with E-state index in [2.05, 4.69) is 15.8 Å². The summed E-state index contributed by atoms with van der Waals surface area (Å²) in [7, 11) is 3.01. The second-order valence-corrected chi connectivity index (χ2v) is 7.13. The van der Waals surface area contributed by atoms with Gasteiger partial charge in [-0.15, -0.1) is 0 Å². The maximum atomic E-state index is 12.6. The molecule has 2 amide bonds. The first-order valence-electron chi connectivity index (χ1n) is 10.7. The highest BCUT2D eigenvalue weighted by molar-refractivity contribution is 5.99. The fourth-order valence-electron chi connectivity index (χ4n) is 2.97. The number of pyridine rings is 1. The number of ether oxygens (including phenoxy) is 4. The molecule has 0 fully saturated rings. The zero-order chi connectivity index (χ0) is 24.3. The summed E-state index contributed by atoms with van der Waals surface area (Å²) in [6.07, 6.45) is 4.19. The molecule has 0 spiro atoms. The largest absolute Gasteiger partial charge is 0.493 e. The standard InChI is InChI=1S/C25H27N3O6/c1-4-13-33-21-8-6-18(14-22(21)32-3)24(29)27-28-25(30)19-5-7-20(31-2)23(15-19)34-16-17-9-11-26-12-10-17/h5-12,14-15H,4,13,16H2,1-3H3,(H,27,29)(H,28,30). The van der Waals surface area contributed by atoms with Gasteiger partial charge in [0.25, 0.3) is 11.8 Å². The number of carbonyl (C=O) groups excluding carboxylic acids is 2. The molecule has 0 atom stereocenters. The van der Waals surface area contributed by atoms with Crippen molar-refractivity contribution >= 4 is 11.8 Å². The average Bonchev–Trinajstić information content (AvgIpc) is 2.89. The molecule has 9 nitrogen and oxygen atoms in total. The number of aromatic nitrogens is 1. The lowest BCUT2D eigenvalue weighted by atomic mass is 10.2. The van der Waals surface area contributed by atoms with E-state index in [0.29, 0.717) is 35.2 Å². The lowest BCUT2D eigenvalue weighted by molar-refractivity contribution is 0.0846. The first-order valence-corrected chi connectivity index (χ1v) is 10.7. The van der Waals surface area contributed by atoms with Crippen molar-refractivity contribution < 1.29 is 28.5 Å². The van der Waals surface area contributed by atoms with Gasteiger partial charge in [0.15, 0.2) is 23.0 Å². The lowest BCUT2D eigenvalue weighted by Crippen LogP contribution is -2.41. The Kier molecular flexibility index (Phi) is 8.67. The van der Waals surface area contributed by atoms with E-state index in [1.807, 2.05) is 19.1 Å². The summed E-state index contributed by atoms with van der Waals surface area (Å²) in [6, 6.07) is 13.2. The normalized spacial score (nSPS) is 10.2. The number of hydrazine groups is 1. The molecule has 0 radical (unpaired) electrons. The maximum Gasteiger partial charge on any atom is 0.269 e. The van der Waals surface area contributed by atoms with Gasteiger partial charge in [-0.3, -0.25) is 25.4 Å². The number of nitrogens with zero attached hydrogens (tertiary/aromatic N) is 1. The summed E-state index contributed by atoms with van der Waals surface area (Å²) in [5.41, 5.74) is 6.31. The molecule has 3 aromatic rings. The lowest BCUT2D eigenvalue weighted by Gasteiger charge is -2.14. The van der Waals surface area contributed by atoms with Crippen LogP contribution in [0.4, 0.5) is 0 Å². The fourth-order valence-corrected chi connectivity index (χ4v) is 2.97. The number of amides is 2. The third-order valence-corrected chi connectivity index (χ3v) is 4.75. The van der Waals surface area contributed by atoms with Crippen LogP contribution in [0.15, 0.2) is 60.9 Å². The summed E-state index contributed by atoms with van der Waals surface area (Å²) >= 11 is 0. The monoisotopic (exact) mass is 465 g/mol. The molecule has 0 aliphatic carbocycles. The van der Waals surface area contributed by atoms with Gasteiger partial charge in [0.1, 0.15) is 6.61 Å². The molecule has 1 aromatic heterocycles. The van der Waals surface area contributed by atoms with Crippen LogP contribution in [0.5, 0.6) is 23.0 Å².